The van der Waals surface area contributed by atoms with Crippen molar-refractivity contribution in [3.63, 3.8) is 0 Å². The number of allylic oxidation sites excluding steroid dienone is 1. The van der Waals surface area contributed by atoms with E-state index in [9.17, 15) is 27.1 Å². The van der Waals surface area contributed by atoms with Crippen LogP contribution in [0.1, 0.15) is 18.4 Å². The third-order valence-electron chi connectivity index (χ3n) is 3.67. The summed E-state index contributed by atoms with van der Waals surface area (Å²) in [7, 11) is -3.37. The predicted molar refractivity (Wildman–Crippen MR) is 77.7 cm³/mol. The summed E-state index contributed by atoms with van der Waals surface area (Å²) in [6.45, 7) is 0. The summed E-state index contributed by atoms with van der Waals surface area (Å²) in [6, 6.07) is 5.38. The van der Waals surface area contributed by atoms with Gasteiger partial charge in [-0.1, -0.05) is 18.2 Å². The molecular formula is C15H16F2O4S. The highest BCUT2D eigenvalue weighted by Gasteiger charge is 2.34. The Balaban J connectivity index is 2.31. The van der Waals surface area contributed by atoms with Gasteiger partial charge < -0.3 is 5.11 Å². The van der Waals surface area contributed by atoms with E-state index < -0.39 is 34.1 Å². The Bertz CT molecular complexity index is 685. The van der Waals surface area contributed by atoms with Gasteiger partial charge >= 0.3 is 5.97 Å². The number of rotatable bonds is 4. The highest BCUT2D eigenvalue weighted by atomic mass is 32.2. The lowest BCUT2D eigenvalue weighted by atomic mass is 9.99. The first kappa shape index (κ1) is 16.6. The van der Waals surface area contributed by atoms with Gasteiger partial charge in [-0.3, -0.25) is 0 Å². The molecule has 0 spiro atoms. The van der Waals surface area contributed by atoms with Gasteiger partial charge in [0.25, 0.3) is 0 Å². The lowest BCUT2D eigenvalue weighted by Gasteiger charge is -2.08. The fourth-order valence-corrected chi connectivity index (χ4v) is 3.14. The van der Waals surface area contributed by atoms with E-state index in [0.717, 1.165) is 6.26 Å². The maximum Gasteiger partial charge on any atom is 0.335 e. The average molecular weight is 330 g/mol. The summed E-state index contributed by atoms with van der Waals surface area (Å²) in [5.41, 5.74) is 0.226. The molecule has 1 aromatic rings. The molecule has 22 heavy (non-hydrogen) atoms. The summed E-state index contributed by atoms with van der Waals surface area (Å²) in [6.07, 6.45) is -0.812. The molecule has 0 bridgehead atoms. The zero-order valence-corrected chi connectivity index (χ0v) is 12.7. The van der Waals surface area contributed by atoms with Crippen molar-refractivity contribution in [2.75, 3.05) is 6.26 Å². The first-order valence-electron chi connectivity index (χ1n) is 6.72. The van der Waals surface area contributed by atoms with E-state index in [2.05, 4.69) is 0 Å². The molecule has 0 radical (unpaired) electrons. The number of hydrogen-bond donors (Lipinski definition) is 1. The first-order chi connectivity index (χ1) is 10.2. The van der Waals surface area contributed by atoms with Gasteiger partial charge in [-0.25, -0.2) is 22.0 Å². The van der Waals surface area contributed by atoms with Crippen molar-refractivity contribution in [2.45, 2.75) is 30.1 Å². The van der Waals surface area contributed by atoms with Crippen LogP contribution in [0.15, 0.2) is 35.2 Å². The van der Waals surface area contributed by atoms with Gasteiger partial charge in [-0.2, -0.15) is 0 Å². The number of carboxylic acid groups (broad SMARTS) is 1. The van der Waals surface area contributed by atoms with E-state index in [1.807, 2.05) is 0 Å². The molecule has 1 N–H and O–H groups in total. The lowest BCUT2D eigenvalue weighted by molar-refractivity contribution is -0.130. The van der Waals surface area contributed by atoms with Crippen molar-refractivity contribution in [3.05, 3.63) is 35.9 Å². The molecule has 4 nitrogen and oxygen atoms in total. The molecule has 1 aliphatic carbocycles. The van der Waals surface area contributed by atoms with Gasteiger partial charge in [0, 0.05) is 6.26 Å². The normalized spacial score (nSPS) is 26.1. The molecule has 0 saturated heterocycles. The number of alkyl halides is 2. The molecule has 0 aliphatic heterocycles. The predicted octanol–water partition coefficient (Wildman–Crippen LogP) is 2.64. The number of carboxylic acids is 1. The Labute approximate surface area is 127 Å². The Morgan fingerprint density at radius 3 is 2.09 bits per heavy atom. The van der Waals surface area contributed by atoms with Crippen LogP contribution in [0.5, 0.6) is 0 Å². The average Bonchev–Trinajstić information content (AvgIpc) is 2.74. The zero-order chi connectivity index (χ0) is 16.5. The SMILES string of the molecule is CS(=O)(=O)c1ccc(/C(=C\[C@H]2C[C@@H](F)[C@@H](F)C2)C(=O)O)cc1. The highest BCUT2D eigenvalue weighted by Crippen LogP contribution is 2.33. The van der Waals surface area contributed by atoms with Gasteiger partial charge in [-0.15, -0.1) is 0 Å². The molecule has 2 rings (SSSR count). The van der Waals surface area contributed by atoms with Crippen LogP contribution in [0.25, 0.3) is 5.57 Å². The summed E-state index contributed by atoms with van der Waals surface area (Å²) in [4.78, 5) is 11.4. The Morgan fingerprint density at radius 2 is 1.68 bits per heavy atom. The van der Waals surface area contributed by atoms with Crippen molar-refractivity contribution in [2.24, 2.45) is 5.92 Å². The molecule has 1 saturated carbocycles. The number of carbonyl (C=O) groups is 1. The minimum Gasteiger partial charge on any atom is -0.478 e. The lowest BCUT2D eigenvalue weighted by Crippen LogP contribution is -2.06. The van der Waals surface area contributed by atoms with Gasteiger partial charge in [0.1, 0.15) is 12.3 Å². The largest absolute Gasteiger partial charge is 0.478 e. The van der Waals surface area contributed by atoms with Crippen molar-refractivity contribution in [1.82, 2.24) is 0 Å². The van der Waals surface area contributed by atoms with Crippen LogP contribution in [-0.4, -0.2) is 38.1 Å². The summed E-state index contributed by atoms with van der Waals surface area (Å²) in [5.74, 6) is -1.70. The Hall–Kier alpha value is -1.76. The molecule has 3 atom stereocenters. The molecule has 0 aromatic heterocycles. The molecule has 1 aliphatic rings. The number of halogens is 2. The third kappa shape index (κ3) is 3.71. The van der Waals surface area contributed by atoms with E-state index >= 15 is 0 Å². The second-order valence-corrected chi connectivity index (χ2v) is 7.46. The molecule has 1 aromatic carbocycles. The van der Waals surface area contributed by atoms with Crippen LogP contribution < -0.4 is 0 Å². The van der Waals surface area contributed by atoms with Gasteiger partial charge in [0.05, 0.1) is 10.5 Å². The molecule has 0 unspecified atom stereocenters. The van der Waals surface area contributed by atoms with E-state index in [1.165, 1.54) is 30.3 Å². The summed E-state index contributed by atoms with van der Waals surface area (Å²) in [5, 5.41) is 9.27. The molecule has 7 heteroatoms. The van der Waals surface area contributed by atoms with Crippen LogP contribution in [-0.2, 0) is 14.6 Å². The quantitative estimate of drug-likeness (QED) is 0.862. The van der Waals surface area contributed by atoms with Crippen molar-refractivity contribution >= 4 is 21.4 Å². The zero-order valence-electron chi connectivity index (χ0n) is 11.9. The number of benzene rings is 1. The van der Waals surface area contributed by atoms with Crippen molar-refractivity contribution in [1.29, 1.82) is 0 Å². The first-order valence-corrected chi connectivity index (χ1v) is 8.61. The molecule has 120 valence electrons. The van der Waals surface area contributed by atoms with Crippen LogP contribution >= 0.6 is 0 Å². The Kier molecular flexibility index (Phi) is 4.65. The van der Waals surface area contributed by atoms with Crippen LogP contribution in [0, 0.1) is 5.92 Å². The summed E-state index contributed by atoms with van der Waals surface area (Å²) < 4.78 is 49.1. The van der Waals surface area contributed by atoms with Crippen molar-refractivity contribution in [3.8, 4) is 0 Å². The number of sulfone groups is 1. The molecule has 1 fully saturated rings. The summed E-state index contributed by atoms with van der Waals surface area (Å²) >= 11 is 0. The minimum atomic E-state index is -3.37. The number of hydrogen-bond acceptors (Lipinski definition) is 3. The number of aliphatic carboxylic acids is 1. The Morgan fingerprint density at radius 1 is 1.18 bits per heavy atom. The van der Waals surface area contributed by atoms with Gasteiger partial charge in [0.2, 0.25) is 0 Å². The molecule has 0 heterocycles. The minimum absolute atomic E-state index is 0.0423. The van der Waals surface area contributed by atoms with Crippen LogP contribution in [0.3, 0.4) is 0 Å². The maximum atomic E-state index is 13.2. The standard InChI is InChI=1S/C15H16F2O4S/c1-22(20,21)11-4-2-10(3-5-11)12(15(18)19)6-9-7-13(16)14(17)8-9/h2-6,9,13-14H,7-8H2,1H3,(H,18,19)/b12-6+/t9-,13+,14-. The monoisotopic (exact) mass is 330 g/mol. The van der Waals surface area contributed by atoms with Crippen LogP contribution in [0.2, 0.25) is 0 Å². The smallest absolute Gasteiger partial charge is 0.335 e. The third-order valence-corrected chi connectivity index (χ3v) is 4.80. The molecular weight excluding hydrogens is 314 g/mol. The fourth-order valence-electron chi connectivity index (χ4n) is 2.51. The maximum absolute atomic E-state index is 13.2. The second-order valence-electron chi connectivity index (χ2n) is 5.45. The van der Waals surface area contributed by atoms with E-state index in [-0.39, 0.29) is 23.3 Å². The van der Waals surface area contributed by atoms with E-state index in [1.54, 1.807) is 0 Å². The molecule has 0 amide bonds. The van der Waals surface area contributed by atoms with E-state index in [4.69, 9.17) is 0 Å². The van der Waals surface area contributed by atoms with Crippen molar-refractivity contribution < 1.29 is 27.1 Å². The topological polar surface area (TPSA) is 71.4 Å². The fraction of sp³-hybridized carbons (Fsp3) is 0.400. The second kappa shape index (κ2) is 6.16. The highest BCUT2D eigenvalue weighted by molar-refractivity contribution is 7.90. The van der Waals surface area contributed by atoms with Gasteiger partial charge in [0.15, 0.2) is 9.84 Å². The van der Waals surface area contributed by atoms with E-state index in [0.29, 0.717) is 5.56 Å². The van der Waals surface area contributed by atoms with Crippen LogP contribution in [0.4, 0.5) is 8.78 Å². The van der Waals surface area contributed by atoms with Gasteiger partial charge in [-0.05, 0) is 36.5 Å².